The van der Waals surface area contributed by atoms with Gasteiger partial charge in [-0.1, -0.05) is 18.5 Å². The van der Waals surface area contributed by atoms with Crippen molar-refractivity contribution < 1.29 is 0 Å². The van der Waals surface area contributed by atoms with Crippen molar-refractivity contribution in [2.75, 3.05) is 0 Å². The van der Waals surface area contributed by atoms with Crippen LogP contribution in [0, 0.1) is 13.8 Å². The molecule has 0 aliphatic rings. The Labute approximate surface area is 121 Å². The number of hydrogen-bond acceptors (Lipinski definition) is 4. The Morgan fingerprint density at radius 1 is 1.25 bits per heavy atom. The minimum Gasteiger partial charge on any atom is -0.275 e. The average molecular weight is 291 g/mol. The predicted octanol–water partition coefficient (Wildman–Crippen LogP) is 2.36. The molecule has 6 nitrogen and oxygen atoms in total. The molecule has 0 spiro atoms. The van der Waals surface area contributed by atoms with Crippen LogP contribution in [0.15, 0.2) is 6.20 Å². The van der Waals surface area contributed by atoms with Gasteiger partial charge in [0.2, 0.25) is 0 Å². The van der Waals surface area contributed by atoms with E-state index in [0.717, 1.165) is 34.9 Å². The molecule has 3 heterocycles. The van der Waals surface area contributed by atoms with E-state index in [-0.39, 0.29) is 0 Å². The number of halogens is 1. The molecule has 0 bridgehead atoms. The highest BCUT2D eigenvalue weighted by molar-refractivity contribution is 6.32. The molecule has 3 rings (SSSR count). The van der Waals surface area contributed by atoms with Gasteiger partial charge in [0.05, 0.1) is 17.0 Å². The zero-order valence-corrected chi connectivity index (χ0v) is 12.6. The Bertz CT molecular complexity index is 801. The van der Waals surface area contributed by atoms with E-state index in [1.807, 2.05) is 31.5 Å². The Morgan fingerprint density at radius 3 is 2.70 bits per heavy atom. The molecule has 0 aliphatic heterocycles. The summed E-state index contributed by atoms with van der Waals surface area (Å²) in [6.45, 7) is 5.98. The number of aromatic nitrogens is 6. The average Bonchev–Trinajstić information content (AvgIpc) is 2.99. The first-order chi connectivity index (χ1) is 9.52. The van der Waals surface area contributed by atoms with Crippen LogP contribution in [0.25, 0.3) is 17.0 Å². The van der Waals surface area contributed by atoms with E-state index in [2.05, 4.69) is 27.2 Å². The van der Waals surface area contributed by atoms with Gasteiger partial charge in [0.15, 0.2) is 16.6 Å². The molecule has 0 unspecified atom stereocenters. The van der Waals surface area contributed by atoms with Gasteiger partial charge >= 0.3 is 0 Å². The fourth-order valence-corrected chi connectivity index (χ4v) is 2.58. The molecule has 104 valence electrons. The molecule has 0 aliphatic carbocycles. The van der Waals surface area contributed by atoms with Crippen LogP contribution in [-0.2, 0) is 13.5 Å². The first-order valence-corrected chi connectivity index (χ1v) is 6.81. The lowest BCUT2D eigenvalue weighted by molar-refractivity contribution is 0.746. The van der Waals surface area contributed by atoms with Crippen molar-refractivity contribution in [2.24, 2.45) is 7.05 Å². The third-order valence-corrected chi connectivity index (χ3v) is 3.71. The molecule has 7 heteroatoms. The van der Waals surface area contributed by atoms with Crippen LogP contribution in [0.2, 0.25) is 5.15 Å². The van der Waals surface area contributed by atoms with Crippen LogP contribution >= 0.6 is 11.6 Å². The van der Waals surface area contributed by atoms with Gasteiger partial charge in [0.25, 0.3) is 0 Å². The Kier molecular flexibility index (Phi) is 2.97. The van der Waals surface area contributed by atoms with Crippen molar-refractivity contribution in [1.29, 1.82) is 0 Å². The van der Waals surface area contributed by atoms with Gasteiger partial charge in [-0.2, -0.15) is 5.10 Å². The van der Waals surface area contributed by atoms with Crippen molar-refractivity contribution >= 4 is 17.2 Å². The molecule has 3 aromatic heterocycles. The van der Waals surface area contributed by atoms with Crippen molar-refractivity contribution in [2.45, 2.75) is 27.2 Å². The SMILES string of the molecule is CCc1nn(C)cc1-c1nnc2c(Cl)nc(C)c(C)n12. The normalized spacial score (nSPS) is 11.4. The quantitative estimate of drug-likeness (QED) is 0.727. The first-order valence-electron chi connectivity index (χ1n) is 6.43. The molecule has 3 aromatic rings. The van der Waals surface area contributed by atoms with Crippen LogP contribution in [0.3, 0.4) is 0 Å². The maximum absolute atomic E-state index is 6.16. The fourth-order valence-electron chi connectivity index (χ4n) is 2.33. The largest absolute Gasteiger partial charge is 0.275 e. The summed E-state index contributed by atoms with van der Waals surface area (Å²) < 4.78 is 3.74. The predicted molar refractivity (Wildman–Crippen MR) is 76.8 cm³/mol. The zero-order valence-electron chi connectivity index (χ0n) is 11.8. The molecule has 0 amide bonds. The van der Waals surface area contributed by atoms with E-state index in [4.69, 9.17) is 11.6 Å². The van der Waals surface area contributed by atoms with Gasteiger partial charge in [-0.15, -0.1) is 10.2 Å². The Balaban J connectivity index is 2.37. The van der Waals surface area contributed by atoms with Crippen molar-refractivity contribution in [3.05, 3.63) is 28.4 Å². The summed E-state index contributed by atoms with van der Waals surface area (Å²) >= 11 is 6.16. The number of aryl methyl sites for hydroxylation is 4. The van der Waals surface area contributed by atoms with E-state index in [1.165, 1.54) is 0 Å². The lowest BCUT2D eigenvalue weighted by atomic mass is 10.2. The standard InChI is InChI=1S/C13H15ClN6/c1-5-10-9(6-19(4)18-10)12-16-17-13-11(14)15-7(2)8(3)20(12)13/h6H,5H2,1-4H3. The Hall–Kier alpha value is -1.95. The third-order valence-electron chi connectivity index (χ3n) is 3.45. The molecule has 0 radical (unpaired) electrons. The van der Waals surface area contributed by atoms with Crippen molar-refractivity contribution in [1.82, 2.24) is 29.4 Å². The highest BCUT2D eigenvalue weighted by Gasteiger charge is 2.19. The molecule has 0 aromatic carbocycles. The maximum Gasteiger partial charge on any atom is 0.199 e. The molecular weight excluding hydrogens is 276 g/mol. The lowest BCUT2D eigenvalue weighted by Crippen LogP contribution is -2.01. The lowest BCUT2D eigenvalue weighted by Gasteiger charge is -2.06. The van der Waals surface area contributed by atoms with E-state index >= 15 is 0 Å². The van der Waals surface area contributed by atoms with Gasteiger partial charge in [-0.25, -0.2) is 4.98 Å². The van der Waals surface area contributed by atoms with Crippen LogP contribution in [0.4, 0.5) is 0 Å². The number of nitrogens with zero attached hydrogens (tertiary/aromatic N) is 6. The maximum atomic E-state index is 6.16. The van der Waals surface area contributed by atoms with Crippen LogP contribution in [0.1, 0.15) is 24.0 Å². The number of hydrogen-bond donors (Lipinski definition) is 0. The second-order valence-corrected chi connectivity index (χ2v) is 5.13. The van der Waals surface area contributed by atoms with E-state index in [9.17, 15) is 0 Å². The summed E-state index contributed by atoms with van der Waals surface area (Å²) in [6, 6.07) is 0. The molecule has 0 fully saturated rings. The van der Waals surface area contributed by atoms with E-state index < -0.39 is 0 Å². The van der Waals surface area contributed by atoms with Gasteiger partial charge in [-0.3, -0.25) is 9.08 Å². The second kappa shape index (κ2) is 4.56. The molecule has 0 saturated heterocycles. The van der Waals surface area contributed by atoms with Crippen LogP contribution in [0.5, 0.6) is 0 Å². The monoisotopic (exact) mass is 290 g/mol. The zero-order chi connectivity index (χ0) is 14.4. The molecule has 20 heavy (non-hydrogen) atoms. The Morgan fingerprint density at radius 2 is 2.00 bits per heavy atom. The van der Waals surface area contributed by atoms with Crippen molar-refractivity contribution in [3.63, 3.8) is 0 Å². The van der Waals surface area contributed by atoms with Gasteiger partial charge < -0.3 is 0 Å². The topological polar surface area (TPSA) is 60.9 Å². The van der Waals surface area contributed by atoms with E-state index in [0.29, 0.717) is 10.8 Å². The molecule has 0 N–H and O–H groups in total. The van der Waals surface area contributed by atoms with E-state index in [1.54, 1.807) is 4.68 Å². The third kappa shape index (κ3) is 1.79. The van der Waals surface area contributed by atoms with Crippen LogP contribution < -0.4 is 0 Å². The minimum absolute atomic E-state index is 0.369. The van der Waals surface area contributed by atoms with Gasteiger partial charge in [0.1, 0.15) is 0 Å². The fraction of sp³-hybridized carbons (Fsp3) is 0.385. The number of rotatable bonds is 2. The summed E-state index contributed by atoms with van der Waals surface area (Å²) in [5, 5.41) is 13.3. The second-order valence-electron chi connectivity index (χ2n) is 4.77. The highest BCUT2D eigenvalue weighted by Crippen LogP contribution is 2.26. The number of fused-ring (bicyclic) bond motifs is 1. The highest BCUT2D eigenvalue weighted by atomic mass is 35.5. The minimum atomic E-state index is 0.369. The summed E-state index contributed by atoms with van der Waals surface area (Å²) in [5.41, 5.74) is 4.40. The van der Waals surface area contributed by atoms with Gasteiger partial charge in [-0.05, 0) is 20.3 Å². The molecule has 0 saturated carbocycles. The smallest absolute Gasteiger partial charge is 0.199 e. The first kappa shape index (κ1) is 13.1. The molecular formula is C13H15ClN6. The van der Waals surface area contributed by atoms with Gasteiger partial charge in [0, 0.05) is 18.9 Å². The van der Waals surface area contributed by atoms with Crippen LogP contribution in [-0.4, -0.2) is 29.4 Å². The molecule has 0 atom stereocenters. The van der Waals surface area contributed by atoms with Crippen molar-refractivity contribution in [3.8, 4) is 11.4 Å². The summed E-state index contributed by atoms with van der Waals surface area (Å²) in [6.07, 6.45) is 2.79. The summed E-state index contributed by atoms with van der Waals surface area (Å²) in [4.78, 5) is 4.28. The summed E-state index contributed by atoms with van der Waals surface area (Å²) in [7, 11) is 1.90. The summed E-state index contributed by atoms with van der Waals surface area (Å²) in [5.74, 6) is 0.759.